The summed E-state index contributed by atoms with van der Waals surface area (Å²) in [6.45, 7) is 1.87. The Hall–Kier alpha value is -2.61. The predicted molar refractivity (Wildman–Crippen MR) is 120 cm³/mol. The number of sulfonamides is 1. The number of thiocarbonyl (C=S) groups is 1. The molecule has 3 aromatic carbocycles. The minimum Gasteiger partial charge on any atom is -0.332 e. The summed E-state index contributed by atoms with van der Waals surface area (Å²) in [7, 11) is -3.76. The molecule has 28 heavy (non-hydrogen) atoms. The second kappa shape index (κ2) is 8.60. The Balaban J connectivity index is 1.78. The predicted octanol–water partition coefficient (Wildman–Crippen LogP) is 5.26. The van der Waals surface area contributed by atoms with Crippen molar-refractivity contribution in [3.05, 3.63) is 83.4 Å². The van der Waals surface area contributed by atoms with Crippen LogP contribution in [-0.2, 0) is 10.0 Å². The minimum absolute atomic E-state index is 0.123. The molecule has 0 saturated carbocycles. The van der Waals surface area contributed by atoms with Gasteiger partial charge in [-0.05, 0) is 73.2 Å². The molecule has 0 aliphatic rings. The Labute approximate surface area is 174 Å². The fraction of sp³-hybridized carbons (Fsp3) is 0.0500. The fourth-order valence-electron chi connectivity index (χ4n) is 2.44. The van der Waals surface area contributed by atoms with E-state index in [1.54, 1.807) is 42.5 Å². The van der Waals surface area contributed by atoms with Crippen LogP contribution in [0.2, 0.25) is 5.02 Å². The highest BCUT2D eigenvalue weighted by molar-refractivity contribution is 7.92. The first-order chi connectivity index (χ1) is 13.3. The minimum atomic E-state index is -3.76. The zero-order valence-electron chi connectivity index (χ0n) is 14.9. The van der Waals surface area contributed by atoms with Gasteiger partial charge in [0.15, 0.2) is 5.11 Å². The first-order valence-electron chi connectivity index (χ1n) is 8.35. The molecule has 0 saturated heterocycles. The Bertz CT molecular complexity index is 1090. The molecule has 5 nitrogen and oxygen atoms in total. The number of hydrogen-bond acceptors (Lipinski definition) is 3. The van der Waals surface area contributed by atoms with Gasteiger partial charge in [0.2, 0.25) is 0 Å². The quantitative estimate of drug-likeness (QED) is 0.481. The number of aryl methyl sites for hydroxylation is 1. The van der Waals surface area contributed by atoms with E-state index in [9.17, 15) is 8.42 Å². The third-order valence-corrected chi connectivity index (χ3v) is 5.73. The molecule has 0 spiro atoms. The second-order valence-corrected chi connectivity index (χ2v) is 8.56. The maximum Gasteiger partial charge on any atom is 0.261 e. The number of halogens is 1. The molecule has 0 fully saturated rings. The molecule has 8 heteroatoms. The summed E-state index contributed by atoms with van der Waals surface area (Å²) in [5, 5.41) is 7.02. The van der Waals surface area contributed by atoms with Crippen LogP contribution in [0.3, 0.4) is 0 Å². The van der Waals surface area contributed by atoms with Crippen molar-refractivity contribution in [3.63, 3.8) is 0 Å². The summed E-state index contributed by atoms with van der Waals surface area (Å²) < 4.78 is 28.0. The summed E-state index contributed by atoms with van der Waals surface area (Å²) >= 11 is 11.2. The lowest BCUT2D eigenvalue weighted by molar-refractivity contribution is 0.601. The Kier molecular flexibility index (Phi) is 6.18. The molecule has 3 N–H and O–H groups in total. The van der Waals surface area contributed by atoms with Crippen LogP contribution < -0.4 is 15.4 Å². The molecule has 0 amide bonds. The average molecular weight is 432 g/mol. The van der Waals surface area contributed by atoms with Crippen LogP contribution in [-0.4, -0.2) is 13.5 Å². The van der Waals surface area contributed by atoms with Crippen LogP contribution in [0.1, 0.15) is 5.56 Å². The Morgan fingerprint density at radius 3 is 2.25 bits per heavy atom. The maximum absolute atomic E-state index is 12.7. The lowest BCUT2D eigenvalue weighted by Crippen LogP contribution is -2.20. The van der Waals surface area contributed by atoms with E-state index >= 15 is 0 Å². The van der Waals surface area contributed by atoms with Gasteiger partial charge in [0.1, 0.15) is 0 Å². The van der Waals surface area contributed by atoms with Crippen molar-refractivity contribution in [2.75, 3.05) is 15.4 Å². The average Bonchev–Trinajstić information content (AvgIpc) is 2.66. The number of para-hydroxylation sites is 1. The van der Waals surface area contributed by atoms with Crippen molar-refractivity contribution in [2.45, 2.75) is 11.8 Å². The summed E-state index contributed by atoms with van der Waals surface area (Å²) in [6, 6.07) is 20.7. The monoisotopic (exact) mass is 431 g/mol. The van der Waals surface area contributed by atoms with E-state index < -0.39 is 10.0 Å². The number of nitrogens with one attached hydrogen (secondary N) is 3. The van der Waals surface area contributed by atoms with Crippen molar-refractivity contribution in [2.24, 2.45) is 0 Å². The number of benzene rings is 3. The largest absolute Gasteiger partial charge is 0.332 e. The third-order valence-electron chi connectivity index (χ3n) is 3.90. The van der Waals surface area contributed by atoms with E-state index in [0.29, 0.717) is 21.5 Å². The third kappa shape index (κ3) is 5.22. The lowest BCUT2D eigenvalue weighted by Gasteiger charge is -2.14. The zero-order valence-corrected chi connectivity index (χ0v) is 17.3. The van der Waals surface area contributed by atoms with Crippen molar-refractivity contribution in [1.29, 1.82) is 0 Å². The SMILES string of the molecule is Cc1ccc(S(=O)(=O)Nc2ccc(Cl)cc2)cc1NC(=S)Nc1ccccc1. The van der Waals surface area contributed by atoms with E-state index in [2.05, 4.69) is 15.4 Å². The Morgan fingerprint density at radius 1 is 0.893 bits per heavy atom. The summed E-state index contributed by atoms with van der Waals surface area (Å²) in [5.74, 6) is 0. The summed E-state index contributed by atoms with van der Waals surface area (Å²) in [4.78, 5) is 0.123. The normalized spacial score (nSPS) is 10.9. The fourth-order valence-corrected chi connectivity index (χ4v) is 3.88. The van der Waals surface area contributed by atoms with Gasteiger partial charge in [0.25, 0.3) is 10.0 Å². The van der Waals surface area contributed by atoms with Crippen LogP contribution >= 0.6 is 23.8 Å². The molecule has 0 heterocycles. The maximum atomic E-state index is 12.7. The van der Waals surface area contributed by atoms with Crippen LogP contribution in [0.25, 0.3) is 0 Å². The van der Waals surface area contributed by atoms with Gasteiger partial charge in [0.05, 0.1) is 4.90 Å². The van der Waals surface area contributed by atoms with Gasteiger partial charge in [-0.2, -0.15) is 0 Å². The van der Waals surface area contributed by atoms with E-state index in [-0.39, 0.29) is 4.90 Å². The molecule has 0 atom stereocenters. The number of hydrogen-bond donors (Lipinski definition) is 3. The molecule has 0 aliphatic carbocycles. The molecule has 3 rings (SSSR count). The molecular formula is C20H18ClN3O2S2. The summed E-state index contributed by atoms with van der Waals surface area (Å²) in [6.07, 6.45) is 0. The van der Waals surface area contributed by atoms with Crippen LogP contribution in [0, 0.1) is 6.92 Å². The highest BCUT2D eigenvalue weighted by Crippen LogP contribution is 2.23. The molecule has 0 aliphatic heterocycles. The topological polar surface area (TPSA) is 70.2 Å². The Morgan fingerprint density at radius 2 is 1.57 bits per heavy atom. The van der Waals surface area contributed by atoms with Gasteiger partial charge in [-0.1, -0.05) is 35.9 Å². The van der Waals surface area contributed by atoms with Gasteiger partial charge in [-0.15, -0.1) is 0 Å². The van der Waals surface area contributed by atoms with Crippen molar-refractivity contribution in [3.8, 4) is 0 Å². The van der Waals surface area contributed by atoms with E-state index in [1.165, 1.54) is 0 Å². The van der Waals surface area contributed by atoms with Gasteiger partial charge >= 0.3 is 0 Å². The highest BCUT2D eigenvalue weighted by atomic mass is 35.5. The molecule has 0 unspecified atom stereocenters. The van der Waals surface area contributed by atoms with Crippen molar-refractivity contribution in [1.82, 2.24) is 0 Å². The zero-order chi connectivity index (χ0) is 20.1. The van der Waals surface area contributed by atoms with Gasteiger partial charge in [-0.25, -0.2) is 8.42 Å². The van der Waals surface area contributed by atoms with E-state index in [1.807, 2.05) is 37.3 Å². The van der Waals surface area contributed by atoms with Crippen LogP contribution in [0.5, 0.6) is 0 Å². The summed E-state index contributed by atoms with van der Waals surface area (Å²) in [5.41, 5.74) is 2.74. The first kappa shape index (κ1) is 20.1. The van der Waals surface area contributed by atoms with Crippen molar-refractivity contribution >= 4 is 56.0 Å². The van der Waals surface area contributed by atoms with Gasteiger partial charge in [0, 0.05) is 22.1 Å². The van der Waals surface area contributed by atoms with Crippen molar-refractivity contribution < 1.29 is 8.42 Å². The molecular weight excluding hydrogens is 414 g/mol. The molecule has 0 aromatic heterocycles. The van der Waals surface area contributed by atoms with Gasteiger partial charge < -0.3 is 10.6 Å². The molecule has 0 bridgehead atoms. The van der Waals surface area contributed by atoms with E-state index in [4.69, 9.17) is 23.8 Å². The number of rotatable bonds is 5. The number of anilines is 3. The first-order valence-corrected chi connectivity index (χ1v) is 10.6. The smallest absolute Gasteiger partial charge is 0.261 e. The lowest BCUT2D eigenvalue weighted by atomic mass is 10.2. The highest BCUT2D eigenvalue weighted by Gasteiger charge is 2.16. The van der Waals surface area contributed by atoms with Crippen LogP contribution in [0.15, 0.2) is 77.7 Å². The molecule has 144 valence electrons. The molecule has 3 aromatic rings. The second-order valence-electron chi connectivity index (χ2n) is 6.03. The van der Waals surface area contributed by atoms with E-state index in [0.717, 1.165) is 11.3 Å². The molecule has 0 radical (unpaired) electrons. The van der Waals surface area contributed by atoms with Gasteiger partial charge in [-0.3, -0.25) is 4.72 Å². The standard InChI is InChI=1S/C20H18ClN3O2S2/c1-14-7-12-18(28(25,26)24-17-10-8-15(21)9-11-17)13-19(14)23-20(27)22-16-5-3-2-4-6-16/h2-13,24H,1H3,(H2,22,23,27). The van der Waals surface area contributed by atoms with Crippen LogP contribution in [0.4, 0.5) is 17.1 Å².